The van der Waals surface area contributed by atoms with Crippen molar-refractivity contribution in [2.45, 2.75) is 12.8 Å². The topological polar surface area (TPSA) is 63.0 Å². The van der Waals surface area contributed by atoms with Crippen molar-refractivity contribution in [3.8, 4) is 6.07 Å². The Bertz CT molecular complexity index is 486. The number of esters is 1. The van der Waals surface area contributed by atoms with E-state index >= 15 is 0 Å². The minimum absolute atomic E-state index is 0.00585. The predicted molar refractivity (Wildman–Crippen MR) is 54.6 cm³/mol. The Morgan fingerprint density at radius 2 is 2.35 bits per heavy atom. The van der Waals surface area contributed by atoms with Crippen LogP contribution in [0.2, 0.25) is 5.02 Å². The lowest BCUT2D eigenvalue weighted by Crippen LogP contribution is -2.09. The zero-order chi connectivity index (χ0) is 13.0. The maximum absolute atomic E-state index is 12.6. The zero-order valence-electron chi connectivity index (χ0n) is 8.71. The summed E-state index contributed by atoms with van der Waals surface area (Å²) in [4.78, 5) is 14.5. The molecule has 0 fully saturated rings. The molecule has 7 heteroatoms. The fraction of sp³-hybridized carbons (Fsp3) is 0.300. The number of hydrogen-bond donors (Lipinski definition) is 0. The van der Waals surface area contributed by atoms with Gasteiger partial charge in [-0.1, -0.05) is 11.6 Å². The van der Waals surface area contributed by atoms with E-state index in [1.165, 1.54) is 0 Å². The molecule has 0 saturated heterocycles. The van der Waals surface area contributed by atoms with Crippen molar-refractivity contribution in [1.29, 1.82) is 5.26 Å². The molecule has 0 unspecified atom stereocenters. The third-order valence-corrected chi connectivity index (χ3v) is 2.36. The molecular formula is C10H7ClF2N2O2. The van der Waals surface area contributed by atoms with E-state index in [1.807, 2.05) is 0 Å². The van der Waals surface area contributed by atoms with Crippen molar-refractivity contribution < 1.29 is 18.3 Å². The van der Waals surface area contributed by atoms with Crippen molar-refractivity contribution in [2.24, 2.45) is 0 Å². The highest BCUT2D eigenvalue weighted by Crippen LogP contribution is 2.27. The number of hydrogen-bond acceptors (Lipinski definition) is 4. The Morgan fingerprint density at radius 1 is 1.71 bits per heavy atom. The molecule has 1 aromatic rings. The Hall–Kier alpha value is -1.74. The van der Waals surface area contributed by atoms with E-state index in [0.717, 1.165) is 13.3 Å². The molecule has 17 heavy (non-hydrogen) atoms. The van der Waals surface area contributed by atoms with Crippen LogP contribution in [0.4, 0.5) is 8.78 Å². The molecule has 0 aliphatic rings. The van der Waals surface area contributed by atoms with Gasteiger partial charge in [0.1, 0.15) is 11.8 Å². The smallest absolute Gasteiger partial charge is 0.310 e. The number of ether oxygens (including phenoxy) is 1. The molecule has 0 bridgehead atoms. The number of methoxy groups -OCH3 is 1. The van der Waals surface area contributed by atoms with Gasteiger partial charge in [0.25, 0.3) is 6.43 Å². The number of alkyl halides is 2. The van der Waals surface area contributed by atoms with Crippen LogP contribution in [-0.2, 0) is 16.0 Å². The first-order chi connectivity index (χ1) is 8.01. The van der Waals surface area contributed by atoms with Crippen LogP contribution in [-0.4, -0.2) is 18.1 Å². The fourth-order valence-electron chi connectivity index (χ4n) is 1.22. The number of halogens is 3. The zero-order valence-corrected chi connectivity index (χ0v) is 9.46. The molecule has 0 aliphatic carbocycles. The molecule has 90 valence electrons. The minimum Gasteiger partial charge on any atom is -0.469 e. The summed E-state index contributed by atoms with van der Waals surface area (Å²) in [5.41, 5.74) is -1.06. The van der Waals surface area contributed by atoms with Gasteiger partial charge < -0.3 is 4.74 Å². The van der Waals surface area contributed by atoms with Crippen molar-refractivity contribution in [3.63, 3.8) is 0 Å². The van der Waals surface area contributed by atoms with Crippen molar-refractivity contribution >= 4 is 17.6 Å². The molecule has 0 spiro atoms. The Labute approximate surface area is 101 Å². The maximum Gasteiger partial charge on any atom is 0.310 e. The van der Waals surface area contributed by atoms with Crippen molar-refractivity contribution in [1.82, 2.24) is 4.98 Å². The first-order valence-electron chi connectivity index (χ1n) is 4.43. The van der Waals surface area contributed by atoms with E-state index in [2.05, 4.69) is 9.72 Å². The summed E-state index contributed by atoms with van der Waals surface area (Å²) in [6.45, 7) is 0. The van der Waals surface area contributed by atoms with Crippen LogP contribution in [0.3, 0.4) is 0 Å². The third kappa shape index (κ3) is 2.88. The summed E-state index contributed by atoms with van der Waals surface area (Å²) in [6.07, 6.45) is -2.26. The lowest BCUT2D eigenvalue weighted by atomic mass is 10.0. The molecule has 0 saturated carbocycles. The number of aromatic nitrogens is 1. The van der Waals surface area contributed by atoms with Crippen LogP contribution in [0.25, 0.3) is 0 Å². The minimum atomic E-state index is -2.90. The van der Waals surface area contributed by atoms with Gasteiger partial charge in [0.15, 0.2) is 0 Å². The van der Waals surface area contributed by atoms with E-state index in [4.69, 9.17) is 16.9 Å². The summed E-state index contributed by atoms with van der Waals surface area (Å²) in [5.74, 6) is -0.671. The normalized spacial score (nSPS) is 10.1. The Kier molecular flexibility index (Phi) is 4.35. The molecular weight excluding hydrogens is 254 g/mol. The maximum atomic E-state index is 12.6. The van der Waals surface area contributed by atoms with Crippen LogP contribution in [0.15, 0.2) is 6.20 Å². The second-order valence-electron chi connectivity index (χ2n) is 3.01. The predicted octanol–water partition coefficient (Wildman–Crippen LogP) is 2.26. The first-order valence-corrected chi connectivity index (χ1v) is 4.81. The third-order valence-electron chi connectivity index (χ3n) is 2.03. The average molecular weight is 261 g/mol. The molecule has 0 aromatic carbocycles. The monoisotopic (exact) mass is 260 g/mol. The SMILES string of the molecule is COC(=O)Cc1c(Cl)cnc(C(F)F)c1C#N. The quantitative estimate of drug-likeness (QED) is 0.782. The van der Waals surface area contributed by atoms with Crippen molar-refractivity contribution in [3.05, 3.63) is 28.0 Å². The molecule has 0 amide bonds. The van der Waals surface area contributed by atoms with Gasteiger partial charge in [-0.05, 0) is 0 Å². The summed E-state index contributed by atoms with van der Waals surface area (Å²) in [7, 11) is 1.15. The standard InChI is InChI=1S/C10H7ClF2N2O2/c1-17-8(16)2-5-6(3-14)9(10(12)13)15-4-7(5)11/h4,10H,2H2,1H3. The van der Waals surface area contributed by atoms with E-state index in [1.54, 1.807) is 6.07 Å². The number of pyridine rings is 1. The highest BCUT2D eigenvalue weighted by Gasteiger charge is 2.22. The fourth-order valence-corrected chi connectivity index (χ4v) is 1.43. The van der Waals surface area contributed by atoms with Crippen LogP contribution in [0.1, 0.15) is 23.2 Å². The van der Waals surface area contributed by atoms with Crippen molar-refractivity contribution in [2.75, 3.05) is 7.11 Å². The van der Waals surface area contributed by atoms with Gasteiger partial charge in [-0.25, -0.2) is 8.78 Å². The highest BCUT2D eigenvalue weighted by molar-refractivity contribution is 6.31. The van der Waals surface area contributed by atoms with E-state index < -0.39 is 18.1 Å². The number of carbonyl (C=O) groups is 1. The second-order valence-corrected chi connectivity index (χ2v) is 3.42. The largest absolute Gasteiger partial charge is 0.469 e. The van der Waals surface area contributed by atoms with Gasteiger partial charge in [0.2, 0.25) is 0 Å². The number of nitrogens with zero attached hydrogens (tertiary/aromatic N) is 2. The Morgan fingerprint density at radius 3 is 2.82 bits per heavy atom. The summed E-state index contributed by atoms with van der Waals surface area (Å²) >= 11 is 5.72. The van der Waals surface area contributed by atoms with Gasteiger partial charge in [-0.15, -0.1) is 0 Å². The summed E-state index contributed by atoms with van der Waals surface area (Å²) < 4.78 is 29.5. The molecule has 0 radical (unpaired) electrons. The molecule has 1 rings (SSSR count). The van der Waals surface area contributed by atoms with Crippen LogP contribution < -0.4 is 0 Å². The molecule has 0 aliphatic heterocycles. The molecule has 0 N–H and O–H groups in total. The summed E-state index contributed by atoms with van der Waals surface area (Å²) in [6, 6.07) is 1.58. The van der Waals surface area contributed by atoms with Gasteiger partial charge in [0.05, 0.1) is 24.1 Å². The van der Waals surface area contributed by atoms with Crippen LogP contribution in [0, 0.1) is 11.3 Å². The van der Waals surface area contributed by atoms with Gasteiger partial charge >= 0.3 is 5.97 Å². The average Bonchev–Trinajstić information content (AvgIpc) is 2.30. The number of carbonyl (C=O) groups excluding carboxylic acids is 1. The molecule has 1 aromatic heterocycles. The lowest BCUT2D eigenvalue weighted by molar-refractivity contribution is -0.139. The van der Waals surface area contributed by atoms with Gasteiger partial charge in [-0.2, -0.15) is 5.26 Å². The number of rotatable bonds is 3. The highest BCUT2D eigenvalue weighted by atomic mass is 35.5. The van der Waals surface area contributed by atoms with Crippen LogP contribution >= 0.6 is 11.6 Å². The molecule has 1 heterocycles. The lowest BCUT2D eigenvalue weighted by Gasteiger charge is -2.09. The van der Waals surface area contributed by atoms with E-state index in [-0.39, 0.29) is 22.6 Å². The van der Waals surface area contributed by atoms with Gasteiger partial charge in [-0.3, -0.25) is 9.78 Å². The van der Waals surface area contributed by atoms with Gasteiger partial charge in [0, 0.05) is 11.8 Å². The molecule has 0 atom stereocenters. The first kappa shape index (κ1) is 13.3. The van der Waals surface area contributed by atoms with E-state index in [0.29, 0.717) is 0 Å². The second kappa shape index (κ2) is 5.55. The Balaban J connectivity index is 3.32. The molecule has 4 nitrogen and oxygen atoms in total. The number of nitriles is 1. The van der Waals surface area contributed by atoms with E-state index in [9.17, 15) is 13.6 Å². The van der Waals surface area contributed by atoms with Crippen LogP contribution in [0.5, 0.6) is 0 Å². The summed E-state index contributed by atoms with van der Waals surface area (Å²) in [5, 5.41) is 8.81.